The van der Waals surface area contributed by atoms with E-state index in [9.17, 15) is 9.18 Å². The van der Waals surface area contributed by atoms with E-state index in [0.29, 0.717) is 24.5 Å². The topological polar surface area (TPSA) is 45.3 Å². The van der Waals surface area contributed by atoms with Crippen molar-refractivity contribution in [1.82, 2.24) is 0 Å². The van der Waals surface area contributed by atoms with E-state index in [1.807, 2.05) is 0 Å². The first-order chi connectivity index (χ1) is 11.7. The molecule has 2 heterocycles. The zero-order valence-corrected chi connectivity index (χ0v) is 14.2. The van der Waals surface area contributed by atoms with E-state index >= 15 is 0 Å². The second-order valence-corrected chi connectivity index (χ2v) is 6.30. The molecule has 3 rings (SSSR count). The molecule has 0 unspecified atom stereocenters. The van der Waals surface area contributed by atoms with Crippen LogP contribution in [0.4, 0.5) is 20.6 Å². The van der Waals surface area contributed by atoms with Crippen molar-refractivity contribution in [2.24, 2.45) is 0 Å². The number of epoxide rings is 1. The zero-order chi connectivity index (χ0) is 16.9. The van der Waals surface area contributed by atoms with Gasteiger partial charge in [-0.3, -0.25) is 4.90 Å². The Bertz CT molecular complexity index is 569. The Morgan fingerprint density at radius 1 is 1.33 bits per heavy atom. The van der Waals surface area contributed by atoms with E-state index in [-0.39, 0.29) is 18.5 Å². The van der Waals surface area contributed by atoms with Gasteiger partial charge in [-0.2, -0.15) is 0 Å². The van der Waals surface area contributed by atoms with Crippen molar-refractivity contribution in [2.45, 2.75) is 38.7 Å². The molecule has 1 atom stereocenters. The van der Waals surface area contributed by atoms with Crippen LogP contribution in [0.25, 0.3) is 0 Å². The van der Waals surface area contributed by atoms with Crippen LogP contribution in [-0.2, 0) is 9.47 Å². The van der Waals surface area contributed by atoms with Gasteiger partial charge in [-0.15, -0.1) is 0 Å². The second-order valence-electron chi connectivity index (χ2n) is 6.30. The van der Waals surface area contributed by atoms with Crippen LogP contribution in [0.5, 0.6) is 0 Å². The third-order valence-electron chi connectivity index (χ3n) is 4.47. The maximum atomic E-state index is 14.7. The number of carbonyl (C=O) groups is 1. The molecule has 1 aromatic carbocycles. The van der Waals surface area contributed by atoms with E-state index in [1.165, 1.54) is 23.8 Å². The summed E-state index contributed by atoms with van der Waals surface area (Å²) in [4.78, 5) is 15.7. The molecular weight excluding hydrogens is 311 g/mol. The quantitative estimate of drug-likeness (QED) is 0.771. The molecule has 6 heteroatoms. The van der Waals surface area contributed by atoms with Gasteiger partial charge in [-0.1, -0.05) is 12.8 Å². The molecular formula is C18H25FN2O3. The fourth-order valence-corrected chi connectivity index (χ4v) is 3.10. The van der Waals surface area contributed by atoms with Crippen molar-refractivity contribution in [3.8, 4) is 0 Å². The molecule has 0 aliphatic carbocycles. The molecule has 132 valence electrons. The highest BCUT2D eigenvalue weighted by atomic mass is 19.1. The fourth-order valence-electron chi connectivity index (χ4n) is 3.10. The summed E-state index contributed by atoms with van der Waals surface area (Å²) in [6.45, 7) is 4.83. The summed E-state index contributed by atoms with van der Waals surface area (Å²) in [5.74, 6) is -0.291. The van der Waals surface area contributed by atoms with Crippen LogP contribution >= 0.6 is 0 Å². The van der Waals surface area contributed by atoms with Crippen molar-refractivity contribution < 1.29 is 18.7 Å². The summed E-state index contributed by atoms with van der Waals surface area (Å²) >= 11 is 0. The van der Waals surface area contributed by atoms with Crippen molar-refractivity contribution >= 4 is 17.5 Å². The minimum atomic E-state index is -0.463. The van der Waals surface area contributed by atoms with E-state index in [2.05, 4.69) is 4.90 Å². The number of carbonyl (C=O) groups excluding carboxylic acids is 1. The van der Waals surface area contributed by atoms with Gasteiger partial charge in [0.15, 0.2) is 0 Å². The average Bonchev–Trinajstić information content (AvgIpc) is 3.40. The van der Waals surface area contributed by atoms with E-state index < -0.39 is 6.09 Å². The Kier molecular flexibility index (Phi) is 5.56. The van der Waals surface area contributed by atoms with Crippen LogP contribution in [0.1, 0.15) is 32.6 Å². The molecule has 2 saturated heterocycles. The van der Waals surface area contributed by atoms with Gasteiger partial charge in [-0.25, -0.2) is 9.18 Å². The highest BCUT2D eigenvalue weighted by Crippen LogP contribution is 2.28. The lowest BCUT2D eigenvalue weighted by Gasteiger charge is -2.25. The summed E-state index contributed by atoms with van der Waals surface area (Å²) in [5.41, 5.74) is 1.13. The van der Waals surface area contributed by atoms with Crippen LogP contribution in [0, 0.1) is 5.82 Å². The second kappa shape index (κ2) is 7.83. The molecule has 0 N–H and O–H groups in total. The van der Waals surface area contributed by atoms with Crippen LogP contribution in [0.3, 0.4) is 0 Å². The Morgan fingerprint density at radius 3 is 2.62 bits per heavy atom. The van der Waals surface area contributed by atoms with Crippen molar-refractivity contribution in [3.05, 3.63) is 24.0 Å². The molecule has 24 heavy (non-hydrogen) atoms. The molecule has 1 aromatic rings. The number of benzene rings is 1. The maximum absolute atomic E-state index is 14.7. The van der Waals surface area contributed by atoms with Crippen LogP contribution in [-0.4, -0.2) is 45.0 Å². The summed E-state index contributed by atoms with van der Waals surface area (Å²) in [6.07, 6.45) is 4.14. The minimum Gasteiger partial charge on any atom is -0.449 e. The molecule has 2 aliphatic rings. The van der Waals surface area contributed by atoms with Gasteiger partial charge in [0.1, 0.15) is 5.82 Å². The van der Waals surface area contributed by atoms with E-state index in [0.717, 1.165) is 25.9 Å². The highest BCUT2D eigenvalue weighted by Gasteiger charge is 2.30. The lowest BCUT2D eigenvalue weighted by molar-refractivity contribution is 0.159. The fraction of sp³-hybridized carbons (Fsp3) is 0.611. The van der Waals surface area contributed by atoms with E-state index in [1.54, 1.807) is 19.1 Å². The van der Waals surface area contributed by atoms with Crippen molar-refractivity contribution in [3.63, 3.8) is 0 Å². The molecule has 0 aromatic heterocycles. The minimum absolute atomic E-state index is 0.0164. The van der Waals surface area contributed by atoms with Gasteiger partial charge in [0.05, 0.1) is 37.2 Å². The first kappa shape index (κ1) is 17.0. The summed E-state index contributed by atoms with van der Waals surface area (Å²) < 4.78 is 25.0. The zero-order valence-electron chi connectivity index (χ0n) is 14.2. The standard InChI is InChI=1S/C18H25FN2O3/c1-2-23-18(22)21(12-15-13-24-15)14-7-8-17(16(19)11-14)20-9-5-3-4-6-10-20/h7-8,11,15H,2-6,9-10,12-13H2,1H3/t15-/m1/s1. The SMILES string of the molecule is CCOC(=O)N(C[C@@H]1CO1)c1ccc(N2CCCCCC2)c(F)c1. The molecule has 0 saturated carbocycles. The monoisotopic (exact) mass is 336 g/mol. The largest absolute Gasteiger partial charge is 0.449 e. The average molecular weight is 336 g/mol. The number of ether oxygens (including phenoxy) is 2. The Hall–Kier alpha value is -1.82. The number of hydrogen-bond acceptors (Lipinski definition) is 4. The van der Waals surface area contributed by atoms with Crippen molar-refractivity contribution in [2.75, 3.05) is 42.6 Å². The van der Waals surface area contributed by atoms with Gasteiger partial charge in [0.2, 0.25) is 0 Å². The predicted octanol–water partition coefficient (Wildman–Crippen LogP) is 3.57. The smallest absolute Gasteiger partial charge is 0.414 e. The van der Waals surface area contributed by atoms with Gasteiger partial charge in [0, 0.05) is 13.1 Å². The molecule has 0 bridgehead atoms. The first-order valence-electron chi connectivity index (χ1n) is 8.79. The number of anilines is 2. The number of rotatable bonds is 5. The van der Waals surface area contributed by atoms with Crippen LogP contribution in [0.2, 0.25) is 0 Å². The van der Waals surface area contributed by atoms with Crippen LogP contribution < -0.4 is 9.80 Å². The number of nitrogens with zero attached hydrogens (tertiary/aromatic N) is 2. The molecule has 2 fully saturated rings. The molecule has 1 amide bonds. The Morgan fingerprint density at radius 2 is 2.04 bits per heavy atom. The van der Waals surface area contributed by atoms with Crippen LogP contribution in [0.15, 0.2) is 18.2 Å². The third kappa shape index (κ3) is 4.17. The number of halogens is 1. The Labute approximate surface area is 142 Å². The predicted molar refractivity (Wildman–Crippen MR) is 91.2 cm³/mol. The molecule has 0 spiro atoms. The lowest BCUT2D eigenvalue weighted by Crippen LogP contribution is -2.35. The van der Waals surface area contributed by atoms with Gasteiger partial charge in [-0.05, 0) is 38.0 Å². The third-order valence-corrected chi connectivity index (χ3v) is 4.47. The highest BCUT2D eigenvalue weighted by molar-refractivity contribution is 5.88. The summed E-state index contributed by atoms with van der Waals surface area (Å²) in [6, 6.07) is 5.00. The maximum Gasteiger partial charge on any atom is 0.414 e. The first-order valence-corrected chi connectivity index (χ1v) is 8.79. The normalized spacial score (nSPS) is 20.4. The summed E-state index contributed by atoms with van der Waals surface area (Å²) in [5, 5.41) is 0. The van der Waals surface area contributed by atoms with E-state index in [4.69, 9.17) is 9.47 Å². The number of amides is 1. The Balaban J connectivity index is 1.78. The lowest BCUT2D eigenvalue weighted by atomic mass is 10.2. The van der Waals surface area contributed by atoms with Gasteiger partial charge >= 0.3 is 6.09 Å². The number of hydrogen-bond donors (Lipinski definition) is 0. The molecule has 5 nitrogen and oxygen atoms in total. The summed E-state index contributed by atoms with van der Waals surface area (Å²) in [7, 11) is 0. The molecule has 0 radical (unpaired) electrons. The van der Waals surface area contributed by atoms with Gasteiger partial charge < -0.3 is 14.4 Å². The van der Waals surface area contributed by atoms with Crippen molar-refractivity contribution in [1.29, 1.82) is 0 Å². The van der Waals surface area contributed by atoms with Gasteiger partial charge in [0.25, 0.3) is 0 Å². The molecule has 2 aliphatic heterocycles.